The maximum Gasteiger partial charge on any atom is 0.311 e. The molecule has 0 aliphatic carbocycles. The highest BCUT2D eigenvalue weighted by atomic mass is 32.1. The van der Waals surface area contributed by atoms with Gasteiger partial charge in [-0.15, -0.1) is 11.3 Å². The van der Waals surface area contributed by atoms with Crippen molar-refractivity contribution in [1.82, 2.24) is 5.32 Å². The van der Waals surface area contributed by atoms with Crippen LogP contribution in [0.2, 0.25) is 0 Å². The van der Waals surface area contributed by atoms with E-state index >= 15 is 0 Å². The van der Waals surface area contributed by atoms with E-state index in [2.05, 4.69) is 17.6 Å². The van der Waals surface area contributed by atoms with Crippen LogP contribution in [0.15, 0.2) is 18.2 Å². The predicted molar refractivity (Wildman–Crippen MR) is 102 cm³/mol. The predicted octanol–water partition coefficient (Wildman–Crippen LogP) is 1.48. The van der Waals surface area contributed by atoms with Crippen molar-refractivity contribution in [3.8, 4) is 5.75 Å². The molecule has 8 nitrogen and oxygen atoms in total. The average Bonchev–Trinajstić information content (AvgIpc) is 3.05. The molecule has 3 N–H and O–H groups in total. The summed E-state index contributed by atoms with van der Waals surface area (Å²) in [6.45, 7) is 5.22. The molecule has 3 heterocycles. The van der Waals surface area contributed by atoms with Crippen LogP contribution in [0.25, 0.3) is 0 Å². The van der Waals surface area contributed by atoms with Gasteiger partial charge in [-0.25, -0.2) is 0 Å². The Bertz CT molecular complexity index is 926. The van der Waals surface area contributed by atoms with Gasteiger partial charge in [-0.3, -0.25) is 14.9 Å². The van der Waals surface area contributed by atoms with E-state index in [1.165, 1.54) is 23.0 Å². The number of carbonyl (C=O) groups is 1. The minimum Gasteiger partial charge on any atom is -0.490 e. The van der Waals surface area contributed by atoms with Crippen molar-refractivity contribution in [3.63, 3.8) is 0 Å². The molecule has 0 fully saturated rings. The second kappa shape index (κ2) is 6.82. The lowest BCUT2D eigenvalue weighted by Crippen LogP contribution is -3.11. The van der Waals surface area contributed by atoms with Gasteiger partial charge in [-0.05, 0) is 18.6 Å². The molecule has 2 aliphatic rings. The zero-order valence-electron chi connectivity index (χ0n) is 15.1. The van der Waals surface area contributed by atoms with Gasteiger partial charge in [0.25, 0.3) is 5.91 Å². The first kappa shape index (κ1) is 17.7. The van der Waals surface area contributed by atoms with E-state index in [1.54, 1.807) is 23.5 Å². The smallest absolute Gasteiger partial charge is 0.311 e. The summed E-state index contributed by atoms with van der Waals surface area (Å²) in [6.07, 6.45) is 0.391. The number of anilines is 1. The van der Waals surface area contributed by atoms with Crippen LogP contribution < -0.4 is 20.3 Å². The summed E-state index contributed by atoms with van der Waals surface area (Å²) < 4.78 is 5.05. The van der Waals surface area contributed by atoms with E-state index < -0.39 is 11.1 Å². The van der Waals surface area contributed by atoms with Gasteiger partial charge in [0.05, 0.1) is 35.6 Å². The second-order valence-electron chi connectivity index (χ2n) is 6.73. The maximum absolute atomic E-state index is 12.8. The van der Waals surface area contributed by atoms with Crippen molar-refractivity contribution in [2.45, 2.75) is 26.1 Å². The van der Waals surface area contributed by atoms with Gasteiger partial charge in [-0.1, -0.05) is 6.07 Å². The number of ether oxygens (including phenoxy) is 1. The van der Waals surface area contributed by atoms with Crippen molar-refractivity contribution in [2.24, 2.45) is 0 Å². The van der Waals surface area contributed by atoms with Crippen LogP contribution in [0, 0.1) is 10.1 Å². The summed E-state index contributed by atoms with van der Waals surface area (Å²) in [5, 5.41) is 18.4. The normalized spacial score (nSPS) is 20.9. The lowest BCUT2D eigenvalue weighted by atomic mass is 10.00. The summed E-state index contributed by atoms with van der Waals surface area (Å²) in [5.74, 6) is 0.0745. The number of hydrogen-bond acceptors (Lipinski definition) is 6. The fourth-order valence-electron chi connectivity index (χ4n) is 3.75. The minimum atomic E-state index is -0.510. The molecule has 0 saturated carbocycles. The topological polar surface area (TPSA) is 97.9 Å². The number of benzene rings is 1. The molecule has 9 heteroatoms. The van der Waals surface area contributed by atoms with E-state index in [4.69, 9.17) is 4.74 Å². The van der Waals surface area contributed by atoms with E-state index in [0.717, 1.165) is 42.2 Å². The second-order valence-corrected chi connectivity index (χ2v) is 7.83. The minimum absolute atomic E-state index is 0.121. The van der Waals surface area contributed by atoms with Gasteiger partial charge in [0.1, 0.15) is 17.7 Å². The van der Waals surface area contributed by atoms with Crippen LogP contribution in [0.5, 0.6) is 5.75 Å². The lowest BCUT2D eigenvalue weighted by Gasteiger charge is -2.27. The van der Waals surface area contributed by atoms with Crippen LogP contribution in [0.4, 0.5) is 10.7 Å². The molecule has 2 atom stereocenters. The first-order valence-corrected chi connectivity index (χ1v) is 9.71. The van der Waals surface area contributed by atoms with Gasteiger partial charge in [0, 0.05) is 18.1 Å². The van der Waals surface area contributed by atoms with E-state index in [9.17, 15) is 14.9 Å². The van der Waals surface area contributed by atoms with Crippen LogP contribution in [0.1, 0.15) is 39.5 Å². The lowest BCUT2D eigenvalue weighted by molar-refractivity contribution is -0.913. The summed E-state index contributed by atoms with van der Waals surface area (Å²) >= 11 is 1.63. The summed E-state index contributed by atoms with van der Waals surface area (Å²) in [6, 6.07) is 4.72. The molecule has 1 unspecified atom stereocenters. The zero-order valence-corrected chi connectivity index (χ0v) is 15.9. The highest BCUT2D eigenvalue weighted by Crippen LogP contribution is 2.40. The first-order chi connectivity index (χ1) is 13.0. The Morgan fingerprint density at radius 2 is 2.22 bits per heavy atom. The monoisotopic (exact) mass is 389 g/mol. The molecule has 1 amide bonds. The zero-order chi connectivity index (χ0) is 19.1. The molecule has 2 aliphatic heterocycles. The Morgan fingerprint density at radius 3 is 2.93 bits per heavy atom. The number of fused-ring (bicyclic) bond motifs is 3. The molecule has 0 bridgehead atoms. The van der Waals surface area contributed by atoms with Crippen molar-refractivity contribution < 1.29 is 19.4 Å². The number of nitrogens with one attached hydrogen (secondary N) is 3. The molecule has 142 valence electrons. The third-order valence-corrected chi connectivity index (χ3v) is 6.40. The molecule has 4 rings (SSSR count). The van der Waals surface area contributed by atoms with Crippen LogP contribution in [-0.4, -0.2) is 31.0 Å². The van der Waals surface area contributed by atoms with Gasteiger partial charge in [-0.2, -0.15) is 0 Å². The summed E-state index contributed by atoms with van der Waals surface area (Å²) in [7, 11) is 1.40. The van der Waals surface area contributed by atoms with Crippen LogP contribution >= 0.6 is 11.3 Å². The molecular weight excluding hydrogens is 368 g/mol. The van der Waals surface area contributed by atoms with E-state index in [-0.39, 0.29) is 17.3 Å². The van der Waals surface area contributed by atoms with Crippen molar-refractivity contribution in [1.29, 1.82) is 0 Å². The number of nitro benzene ring substituents is 1. The Balaban J connectivity index is 1.67. The van der Waals surface area contributed by atoms with Crippen molar-refractivity contribution in [2.75, 3.05) is 25.5 Å². The number of hydrogen-bond donors (Lipinski definition) is 3. The largest absolute Gasteiger partial charge is 0.490 e. The quantitative estimate of drug-likeness (QED) is 0.544. The first-order valence-electron chi connectivity index (χ1n) is 8.89. The highest BCUT2D eigenvalue weighted by molar-refractivity contribution is 7.16. The standard InChI is InChI=1S/C18H20N4O4S/c1-3-21-7-6-11-14(9-21)27-18-15(11)17(23)19-16(20-18)10-4-5-13(26-2)12(8-10)22(24)25/h4-5,8,16,20H,3,6-7,9H2,1-2H3,(H,19,23)/p+1/t16-/m0/s1. The van der Waals surface area contributed by atoms with Gasteiger partial charge < -0.3 is 20.3 Å². The van der Waals surface area contributed by atoms with Gasteiger partial charge in [0.2, 0.25) is 0 Å². The number of rotatable bonds is 4. The third-order valence-electron chi connectivity index (χ3n) is 5.24. The number of methoxy groups -OCH3 is 1. The number of amides is 1. The number of quaternary nitrogens is 1. The maximum atomic E-state index is 12.8. The average molecular weight is 389 g/mol. The fourth-order valence-corrected chi connectivity index (χ4v) is 5.09. The molecule has 0 radical (unpaired) electrons. The fraction of sp³-hybridized carbons (Fsp3) is 0.389. The van der Waals surface area contributed by atoms with E-state index in [1.807, 2.05) is 0 Å². The number of nitro groups is 1. The van der Waals surface area contributed by atoms with Gasteiger partial charge in [0.15, 0.2) is 5.75 Å². The SMILES string of the molecule is CC[NH+]1CCc2c(sc3c2C(=O)N[C@H](c2ccc(OC)c([N+](=O)[O-])c2)N3)C1. The highest BCUT2D eigenvalue weighted by Gasteiger charge is 2.34. The summed E-state index contributed by atoms with van der Waals surface area (Å²) in [5.41, 5.74) is 2.39. The van der Waals surface area contributed by atoms with E-state index in [0.29, 0.717) is 5.56 Å². The van der Waals surface area contributed by atoms with Crippen LogP contribution in [-0.2, 0) is 13.0 Å². The molecule has 1 aromatic heterocycles. The van der Waals surface area contributed by atoms with Crippen LogP contribution in [0.3, 0.4) is 0 Å². The third kappa shape index (κ3) is 3.02. The number of thiophene rings is 1. The molecule has 27 heavy (non-hydrogen) atoms. The number of likely N-dealkylation sites (N-methyl/N-ethyl adjacent to an activating group) is 1. The molecule has 1 aromatic carbocycles. The Hall–Kier alpha value is -2.65. The van der Waals surface area contributed by atoms with Crippen molar-refractivity contribution >= 4 is 27.9 Å². The molecular formula is C18H21N4O4S+. The number of carbonyl (C=O) groups excluding carboxylic acids is 1. The van der Waals surface area contributed by atoms with Gasteiger partial charge >= 0.3 is 5.69 Å². The molecule has 0 saturated heterocycles. The Labute approximate surface area is 160 Å². The summed E-state index contributed by atoms with van der Waals surface area (Å²) in [4.78, 5) is 26.4. The Morgan fingerprint density at radius 1 is 1.41 bits per heavy atom. The van der Waals surface area contributed by atoms with Crippen molar-refractivity contribution in [3.05, 3.63) is 49.9 Å². The Kier molecular flexibility index (Phi) is 4.48. The number of nitrogens with zero attached hydrogens (tertiary/aromatic N) is 1. The molecule has 0 spiro atoms. The molecule has 2 aromatic rings.